The van der Waals surface area contributed by atoms with E-state index in [4.69, 9.17) is 4.98 Å². The van der Waals surface area contributed by atoms with Gasteiger partial charge < -0.3 is 0 Å². The maximum atomic E-state index is 4.70. The second-order valence-electron chi connectivity index (χ2n) is 3.85. The third kappa shape index (κ3) is 1.98. The van der Waals surface area contributed by atoms with Crippen LogP contribution in [0.4, 0.5) is 0 Å². The molecule has 78 valence electrons. The third-order valence-corrected chi connectivity index (χ3v) is 3.91. The minimum atomic E-state index is 1.13. The summed E-state index contributed by atoms with van der Waals surface area (Å²) in [5, 5.41) is 1.34. The molecule has 0 atom stereocenters. The summed E-state index contributed by atoms with van der Waals surface area (Å²) in [7, 11) is 0. The molecule has 14 heavy (non-hydrogen) atoms. The lowest BCUT2D eigenvalue weighted by atomic mass is 10.2. The topological polar surface area (TPSA) is 16.1 Å². The molecule has 0 radical (unpaired) electrons. The lowest BCUT2D eigenvalue weighted by Crippen LogP contribution is -2.29. The minimum Gasteiger partial charge on any atom is -0.298 e. The van der Waals surface area contributed by atoms with Crippen LogP contribution in [-0.2, 0) is 19.4 Å². The quantitative estimate of drug-likeness (QED) is 0.762. The molecule has 0 spiro atoms. The van der Waals surface area contributed by atoms with Crippen LogP contribution in [0, 0.1) is 0 Å². The molecule has 0 unspecified atom stereocenters. The largest absolute Gasteiger partial charge is 0.298 e. The van der Waals surface area contributed by atoms with Crippen LogP contribution in [0.5, 0.6) is 0 Å². The van der Waals surface area contributed by atoms with E-state index >= 15 is 0 Å². The van der Waals surface area contributed by atoms with Gasteiger partial charge in [-0.15, -0.1) is 11.3 Å². The Hall–Kier alpha value is -0.410. The SMILES string of the molecule is CCCc1nc2c(s1)CN(CC)CC2. The second kappa shape index (κ2) is 4.41. The summed E-state index contributed by atoms with van der Waals surface area (Å²) in [5.74, 6) is 0. The summed E-state index contributed by atoms with van der Waals surface area (Å²) in [6.07, 6.45) is 3.52. The number of hydrogen-bond donors (Lipinski definition) is 0. The zero-order chi connectivity index (χ0) is 9.97. The van der Waals surface area contributed by atoms with Crippen molar-refractivity contribution in [2.75, 3.05) is 13.1 Å². The molecular formula is C11H18N2S. The van der Waals surface area contributed by atoms with E-state index in [0.717, 1.165) is 19.4 Å². The van der Waals surface area contributed by atoms with E-state index < -0.39 is 0 Å². The van der Waals surface area contributed by atoms with Gasteiger partial charge in [-0.25, -0.2) is 4.98 Å². The van der Waals surface area contributed by atoms with Crippen LogP contribution in [0.1, 0.15) is 35.8 Å². The van der Waals surface area contributed by atoms with Crippen LogP contribution in [0.15, 0.2) is 0 Å². The van der Waals surface area contributed by atoms with Crippen LogP contribution in [0.3, 0.4) is 0 Å². The first-order valence-electron chi connectivity index (χ1n) is 5.53. The lowest BCUT2D eigenvalue weighted by molar-refractivity contribution is 0.269. The zero-order valence-corrected chi connectivity index (χ0v) is 9.86. The molecule has 0 fully saturated rings. The molecule has 0 saturated heterocycles. The summed E-state index contributed by atoms with van der Waals surface area (Å²) in [5.41, 5.74) is 1.38. The van der Waals surface area contributed by atoms with Crippen molar-refractivity contribution in [3.63, 3.8) is 0 Å². The van der Waals surface area contributed by atoms with Crippen LogP contribution < -0.4 is 0 Å². The molecule has 0 aliphatic carbocycles. The molecule has 0 N–H and O–H groups in total. The first kappa shape index (κ1) is 10.1. The molecule has 1 aromatic rings. The molecule has 2 nitrogen and oxygen atoms in total. The molecule has 0 amide bonds. The number of thiazole rings is 1. The van der Waals surface area contributed by atoms with E-state index in [2.05, 4.69) is 18.7 Å². The standard InChI is InChI=1S/C11H18N2S/c1-3-5-11-12-9-6-7-13(4-2)8-10(9)14-11/h3-8H2,1-2H3. The van der Waals surface area contributed by atoms with Crippen molar-refractivity contribution in [1.82, 2.24) is 9.88 Å². The summed E-state index contributed by atoms with van der Waals surface area (Å²) >= 11 is 1.93. The third-order valence-electron chi connectivity index (χ3n) is 2.77. The zero-order valence-electron chi connectivity index (χ0n) is 9.05. The van der Waals surface area contributed by atoms with Crippen molar-refractivity contribution in [2.24, 2.45) is 0 Å². The van der Waals surface area contributed by atoms with Gasteiger partial charge in [-0.3, -0.25) is 4.90 Å². The number of fused-ring (bicyclic) bond motifs is 1. The lowest BCUT2D eigenvalue weighted by Gasteiger charge is -2.23. The Morgan fingerprint density at radius 3 is 3.00 bits per heavy atom. The fourth-order valence-electron chi connectivity index (χ4n) is 1.89. The van der Waals surface area contributed by atoms with E-state index in [9.17, 15) is 0 Å². The Labute approximate surface area is 90.0 Å². The summed E-state index contributed by atoms with van der Waals surface area (Å²) in [6, 6.07) is 0. The first-order chi connectivity index (χ1) is 6.83. The maximum absolute atomic E-state index is 4.70. The van der Waals surface area contributed by atoms with Crippen molar-refractivity contribution in [2.45, 2.75) is 39.7 Å². The predicted octanol–water partition coefficient (Wildman–Crippen LogP) is 2.47. The number of nitrogens with zero attached hydrogens (tertiary/aromatic N) is 2. The number of aromatic nitrogens is 1. The van der Waals surface area contributed by atoms with Gasteiger partial charge in [0.2, 0.25) is 0 Å². The minimum absolute atomic E-state index is 1.13. The van der Waals surface area contributed by atoms with Gasteiger partial charge in [0.1, 0.15) is 0 Å². The van der Waals surface area contributed by atoms with Crippen LogP contribution >= 0.6 is 11.3 Å². The van der Waals surface area contributed by atoms with Crippen molar-refractivity contribution in [3.05, 3.63) is 15.6 Å². The monoisotopic (exact) mass is 210 g/mol. The summed E-state index contributed by atoms with van der Waals surface area (Å²) < 4.78 is 0. The molecule has 1 aliphatic heterocycles. The average Bonchev–Trinajstić information content (AvgIpc) is 2.59. The summed E-state index contributed by atoms with van der Waals surface area (Å²) in [4.78, 5) is 8.71. The van der Waals surface area contributed by atoms with Crippen LogP contribution in [0.2, 0.25) is 0 Å². The van der Waals surface area contributed by atoms with Gasteiger partial charge in [0, 0.05) is 24.4 Å². The molecule has 1 aliphatic rings. The second-order valence-corrected chi connectivity index (χ2v) is 5.01. The van der Waals surface area contributed by atoms with Crippen molar-refractivity contribution >= 4 is 11.3 Å². The van der Waals surface area contributed by atoms with Gasteiger partial charge in [0.05, 0.1) is 10.7 Å². The van der Waals surface area contributed by atoms with Gasteiger partial charge in [-0.1, -0.05) is 13.8 Å². The van der Waals surface area contributed by atoms with Gasteiger partial charge in [0.15, 0.2) is 0 Å². The molecule has 2 heterocycles. The van der Waals surface area contributed by atoms with E-state index in [1.807, 2.05) is 11.3 Å². The highest BCUT2D eigenvalue weighted by Crippen LogP contribution is 2.25. The van der Waals surface area contributed by atoms with Gasteiger partial charge in [0.25, 0.3) is 0 Å². The van der Waals surface area contributed by atoms with E-state index in [0.29, 0.717) is 0 Å². The number of rotatable bonds is 3. The Balaban J connectivity index is 2.12. The number of aryl methyl sites for hydroxylation is 1. The highest BCUT2D eigenvalue weighted by Gasteiger charge is 2.18. The average molecular weight is 210 g/mol. The first-order valence-corrected chi connectivity index (χ1v) is 6.35. The van der Waals surface area contributed by atoms with Crippen LogP contribution in [-0.4, -0.2) is 23.0 Å². The Kier molecular flexibility index (Phi) is 3.19. The fourth-order valence-corrected chi connectivity index (χ4v) is 3.15. The van der Waals surface area contributed by atoms with Crippen LogP contribution in [0.25, 0.3) is 0 Å². The number of likely N-dealkylation sites (N-methyl/N-ethyl adjacent to an activating group) is 1. The van der Waals surface area contributed by atoms with Crippen molar-refractivity contribution in [3.8, 4) is 0 Å². The Morgan fingerprint density at radius 1 is 1.43 bits per heavy atom. The smallest absolute Gasteiger partial charge is 0.0931 e. The molecule has 3 heteroatoms. The van der Waals surface area contributed by atoms with E-state index in [1.165, 1.54) is 35.1 Å². The Morgan fingerprint density at radius 2 is 2.29 bits per heavy atom. The highest BCUT2D eigenvalue weighted by atomic mass is 32.1. The Bertz CT molecular complexity index is 306. The summed E-state index contributed by atoms with van der Waals surface area (Å²) in [6.45, 7) is 7.95. The molecule has 1 aromatic heterocycles. The van der Waals surface area contributed by atoms with E-state index in [-0.39, 0.29) is 0 Å². The van der Waals surface area contributed by atoms with Crippen molar-refractivity contribution < 1.29 is 0 Å². The fraction of sp³-hybridized carbons (Fsp3) is 0.727. The van der Waals surface area contributed by atoms with Gasteiger partial charge in [-0.2, -0.15) is 0 Å². The number of hydrogen-bond acceptors (Lipinski definition) is 3. The van der Waals surface area contributed by atoms with Crippen molar-refractivity contribution in [1.29, 1.82) is 0 Å². The van der Waals surface area contributed by atoms with E-state index in [1.54, 1.807) is 0 Å². The highest BCUT2D eigenvalue weighted by molar-refractivity contribution is 7.11. The van der Waals surface area contributed by atoms with Gasteiger partial charge >= 0.3 is 0 Å². The molecule has 0 aromatic carbocycles. The normalized spacial score (nSPS) is 17.0. The maximum Gasteiger partial charge on any atom is 0.0931 e. The molecular weight excluding hydrogens is 192 g/mol. The molecule has 0 saturated carbocycles. The van der Waals surface area contributed by atoms with Gasteiger partial charge in [-0.05, 0) is 19.4 Å². The predicted molar refractivity (Wildman–Crippen MR) is 60.8 cm³/mol. The molecule has 0 bridgehead atoms. The molecule has 2 rings (SSSR count).